The lowest BCUT2D eigenvalue weighted by Gasteiger charge is -2.31. The summed E-state index contributed by atoms with van der Waals surface area (Å²) < 4.78 is 5.09. The van der Waals surface area contributed by atoms with Crippen LogP contribution in [0.25, 0.3) is 0 Å². The fourth-order valence-electron chi connectivity index (χ4n) is 2.94. The van der Waals surface area contributed by atoms with Crippen molar-refractivity contribution in [2.75, 3.05) is 11.5 Å². The fourth-order valence-corrected chi connectivity index (χ4v) is 2.94. The molecule has 0 spiro atoms. The predicted octanol–water partition coefficient (Wildman–Crippen LogP) is 3.87. The number of carbonyl (C=O) groups is 1. The monoisotopic (exact) mass is 334 g/mol. The number of amides is 1. The summed E-state index contributed by atoms with van der Waals surface area (Å²) in [4.78, 5) is 13.6. The molecule has 0 fully saturated rings. The Morgan fingerprint density at radius 3 is 2.68 bits per heavy atom. The number of nitriles is 1. The van der Waals surface area contributed by atoms with Crippen LogP contribution in [0, 0.1) is 11.3 Å². The van der Waals surface area contributed by atoms with Gasteiger partial charge in [-0.05, 0) is 36.2 Å². The summed E-state index contributed by atoms with van der Waals surface area (Å²) in [6.45, 7) is 2.05. The minimum Gasteiger partial charge on any atom is -0.449 e. The number of ether oxygens (including phenoxy) is 1. The molecule has 1 amide bonds. The quantitative estimate of drug-likeness (QED) is 0.925. The molecule has 2 aromatic rings. The van der Waals surface area contributed by atoms with Crippen LogP contribution in [0.15, 0.2) is 60.8 Å². The molecule has 2 atom stereocenters. The van der Waals surface area contributed by atoms with Crippen LogP contribution in [0.2, 0.25) is 0 Å². The molecule has 1 aliphatic rings. The van der Waals surface area contributed by atoms with E-state index in [1.807, 2.05) is 24.3 Å². The van der Waals surface area contributed by atoms with E-state index in [1.165, 1.54) is 4.90 Å². The largest absolute Gasteiger partial charge is 0.449 e. The molecule has 0 saturated carbocycles. The standard InChI is InChI=1S/C20H18N2O3/c1-2-25-20(24)22-12-11-17(16-5-3-4-6-18(16)22)19(23)15-9-7-14(13-21)8-10-15/h3-12,17,19,23H,2H2,1H3. The molecule has 5 heteroatoms. The van der Waals surface area contributed by atoms with Crippen LogP contribution in [0.1, 0.15) is 35.6 Å². The lowest BCUT2D eigenvalue weighted by Crippen LogP contribution is -2.30. The summed E-state index contributed by atoms with van der Waals surface area (Å²) in [6, 6.07) is 16.4. The third-order valence-corrected chi connectivity index (χ3v) is 4.18. The highest BCUT2D eigenvalue weighted by Gasteiger charge is 2.30. The average molecular weight is 334 g/mol. The molecule has 0 aromatic heterocycles. The number of fused-ring (bicyclic) bond motifs is 1. The van der Waals surface area contributed by atoms with Crippen molar-refractivity contribution in [3.05, 3.63) is 77.5 Å². The SMILES string of the molecule is CCOC(=O)N1C=CC(C(O)c2ccc(C#N)cc2)c2ccccc21. The molecular weight excluding hydrogens is 316 g/mol. The Morgan fingerprint density at radius 1 is 1.28 bits per heavy atom. The molecule has 2 unspecified atom stereocenters. The number of aliphatic hydroxyl groups is 1. The van der Waals surface area contributed by atoms with E-state index in [2.05, 4.69) is 6.07 Å². The molecule has 3 rings (SSSR count). The molecule has 1 N–H and O–H groups in total. The Bertz CT molecular complexity index is 837. The zero-order valence-corrected chi connectivity index (χ0v) is 13.8. The predicted molar refractivity (Wildman–Crippen MR) is 93.9 cm³/mol. The maximum Gasteiger partial charge on any atom is 0.418 e. The first-order valence-corrected chi connectivity index (χ1v) is 8.07. The molecule has 1 aliphatic heterocycles. The number of benzene rings is 2. The Balaban J connectivity index is 1.94. The van der Waals surface area contributed by atoms with Gasteiger partial charge in [0, 0.05) is 12.1 Å². The van der Waals surface area contributed by atoms with Crippen molar-refractivity contribution in [2.45, 2.75) is 18.9 Å². The first-order chi connectivity index (χ1) is 12.2. The molecule has 126 valence electrons. The van der Waals surface area contributed by atoms with E-state index in [-0.39, 0.29) is 5.92 Å². The van der Waals surface area contributed by atoms with Crippen LogP contribution < -0.4 is 4.90 Å². The summed E-state index contributed by atoms with van der Waals surface area (Å²) in [5.74, 6) is -0.296. The summed E-state index contributed by atoms with van der Waals surface area (Å²) in [6.07, 6.45) is 2.20. The van der Waals surface area contributed by atoms with Gasteiger partial charge < -0.3 is 9.84 Å². The first-order valence-electron chi connectivity index (χ1n) is 8.07. The van der Waals surface area contributed by atoms with Gasteiger partial charge in [0.1, 0.15) is 0 Å². The van der Waals surface area contributed by atoms with E-state index in [0.717, 1.165) is 5.56 Å². The maximum absolute atomic E-state index is 12.1. The summed E-state index contributed by atoms with van der Waals surface area (Å²) in [5, 5.41) is 19.7. The van der Waals surface area contributed by atoms with Crippen LogP contribution in [0.4, 0.5) is 10.5 Å². The second-order valence-corrected chi connectivity index (χ2v) is 5.67. The van der Waals surface area contributed by atoms with Gasteiger partial charge in [0.15, 0.2) is 0 Å². The second-order valence-electron chi connectivity index (χ2n) is 5.67. The van der Waals surface area contributed by atoms with E-state index in [1.54, 1.807) is 43.5 Å². The van der Waals surface area contributed by atoms with Gasteiger partial charge in [0.25, 0.3) is 0 Å². The average Bonchev–Trinajstić information content (AvgIpc) is 2.67. The van der Waals surface area contributed by atoms with Gasteiger partial charge in [0.2, 0.25) is 0 Å². The number of hydrogen-bond donors (Lipinski definition) is 1. The van der Waals surface area contributed by atoms with Crippen LogP contribution in [0.3, 0.4) is 0 Å². The van der Waals surface area contributed by atoms with Gasteiger partial charge in [0.05, 0.1) is 30.0 Å². The summed E-state index contributed by atoms with van der Waals surface area (Å²) in [7, 11) is 0. The zero-order chi connectivity index (χ0) is 17.8. The van der Waals surface area contributed by atoms with Crippen molar-refractivity contribution in [2.24, 2.45) is 0 Å². The van der Waals surface area contributed by atoms with Crippen molar-refractivity contribution in [1.29, 1.82) is 5.26 Å². The van der Waals surface area contributed by atoms with E-state index in [0.29, 0.717) is 23.4 Å². The number of anilines is 1. The Kier molecular flexibility index (Phi) is 4.82. The third kappa shape index (κ3) is 3.25. The van der Waals surface area contributed by atoms with E-state index in [4.69, 9.17) is 10.00 Å². The molecule has 5 nitrogen and oxygen atoms in total. The summed E-state index contributed by atoms with van der Waals surface area (Å²) >= 11 is 0. The van der Waals surface area contributed by atoms with Crippen molar-refractivity contribution < 1.29 is 14.6 Å². The Labute approximate surface area is 146 Å². The molecule has 0 aliphatic carbocycles. The third-order valence-electron chi connectivity index (χ3n) is 4.18. The van der Waals surface area contributed by atoms with Crippen molar-refractivity contribution in [3.8, 4) is 6.07 Å². The topological polar surface area (TPSA) is 73.6 Å². The van der Waals surface area contributed by atoms with Crippen molar-refractivity contribution >= 4 is 11.8 Å². The van der Waals surface area contributed by atoms with Crippen molar-refractivity contribution in [3.63, 3.8) is 0 Å². The van der Waals surface area contributed by atoms with Crippen LogP contribution in [-0.2, 0) is 4.74 Å². The molecule has 0 saturated heterocycles. The van der Waals surface area contributed by atoms with Gasteiger partial charge in [-0.2, -0.15) is 5.26 Å². The minimum atomic E-state index is -0.783. The number of hydrogen-bond acceptors (Lipinski definition) is 4. The number of nitrogens with zero attached hydrogens (tertiary/aromatic N) is 2. The molecular formula is C20H18N2O3. The number of rotatable bonds is 3. The Hall–Kier alpha value is -3.10. The summed E-state index contributed by atoms with van der Waals surface area (Å²) in [5.41, 5.74) is 2.80. The number of carbonyl (C=O) groups excluding carboxylic acids is 1. The highest BCUT2D eigenvalue weighted by atomic mass is 16.6. The van der Waals surface area contributed by atoms with Crippen LogP contribution >= 0.6 is 0 Å². The van der Waals surface area contributed by atoms with Gasteiger partial charge in [-0.3, -0.25) is 4.90 Å². The first kappa shape index (κ1) is 16.7. The minimum absolute atomic E-state index is 0.294. The van der Waals surface area contributed by atoms with Gasteiger partial charge in [-0.1, -0.05) is 36.4 Å². The molecule has 25 heavy (non-hydrogen) atoms. The number of para-hydroxylation sites is 1. The molecule has 0 bridgehead atoms. The lowest BCUT2D eigenvalue weighted by atomic mass is 9.86. The number of aliphatic hydroxyl groups excluding tert-OH is 1. The highest BCUT2D eigenvalue weighted by Crippen LogP contribution is 2.40. The smallest absolute Gasteiger partial charge is 0.418 e. The van der Waals surface area contributed by atoms with Crippen LogP contribution in [-0.4, -0.2) is 17.8 Å². The molecule has 2 aromatic carbocycles. The fraction of sp³-hybridized carbons (Fsp3) is 0.200. The van der Waals surface area contributed by atoms with E-state index in [9.17, 15) is 9.90 Å². The normalized spacial score (nSPS) is 16.7. The van der Waals surface area contributed by atoms with E-state index < -0.39 is 12.2 Å². The zero-order valence-electron chi connectivity index (χ0n) is 13.8. The van der Waals surface area contributed by atoms with Crippen LogP contribution in [0.5, 0.6) is 0 Å². The second kappa shape index (κ2) is 7.20. The van der Waals surface area contributed by atoms with E-state index >= 15 is 0 Å². The van der Waals surface area contributed by atoms with Gasteiger partial charge in [-0.15, -0.1) is 0 Å². The van der Waals surface area contributed by atoms with Gasteiger partial charge >= 0.3 is 6.09 Å². The van der Waals surface area contributed by atoms with Gasteiger partial charge in [-0.25, -0.2) is 4.79 Å². The molecule has 1 heterocycles. The van der Waals surface area contributed by atoms with Crippen molar-refractivity contribution in [1.82, 2.24) is 0 Å². The maximum atomic E-state index is 12.1. The molecule has 0 radical (unpaired) electrons. The highest BCUT2D eigenvalue weighted by molar-refractivity contribution is 5.91. The Morgan fingerprint density at radius 2 is 2.00 bits per heavy atom. The lowest BCUT2D eigenvalue weighted by molar-refractivity contribution is 0.156.